The molecule has 4 aromatic rings. The molecule has 2 aromatic carbocycles. The van der Waals surface area contributed by atoms with Gasteiger partial charge in [0.25, 0.3) is 5.56 Å². The molecule has 10 heteroatoms. The number of rotatable bonds is 8. The van der Waals surface area contributed by atoms with Crippen molar-refractivity contribution >= 4 is 51.0 Å². The fraction of sp³-hybridized carbons (Fsp3) is 0.174. The number of fused-ring (bicyclic) bond motifs is 1. The quantitative estimate of drug-likeness (QED) is 0.233. The van der Waals surface area contributed by atoms with Crippen LogP contribution >= 0.6 is 23.1 Å². The van der Waals surface area contributed by atoms with Crippen LogP contribution in [0.25, 0.3) is 10.9 Å². The highest BCUT2D eigenvalue weighted by molar-refractivity contribution is 7.99. The number of anilines is 1. The third-order valence-corrected chi connectivity index (χ3v) is 6.48. The van der Waals surface area contributed by atoms with Crippen LogP contribution in [0, 0.1) is 0 Å². The van der Waals surface area contributed by atoms with Gasteiger partial charge in [0.05, 0.1) is 29.3 Å². The molecule has 4 rings (SSSR count). The number of thiazole rings is 1. The lowest BCUT2D eigenvalue weighted by molar-refractivity contribution is -0.113. The van der Waals surface area contributed by atoms with Gasteiger partial charge >= 0.3 is 5.97 Å². The number of esters is 1. The zero-order chi connectivity index (χ0) is 23.2. The Labute approximate surface area is 197 Å². The van der Waals surface area contributed by atoms with E-state index in [0.717, 1.165) is 17.3 Å². The number of thioether (sulfide) groups is 1. The Morgan fingerprint density at radius 2 is 2.00 bits per heavy atom. The molecule has 1 N–H and O–H groups in total. The average molecular weight is 481 g/mol. The summed E-state index contributed by atoms with van der Waals surface area (Å²) < 4.78 is 6.35. The van der Waals surface area contributed by atoms with Crippen molar-refractivity contribution in [1.82, 2.24) is 14.5 Å². The minimum atomic E-state index is -0.510. The summed E-state index contributed by atoms with van der Waals surface area (Å²) in [6, 6.07) is 14.5. The second kappa shape index (κ2) is 10.4. The monoisotopic (exact) mass is 480 g/mol. The van der Waals surface area contributed by atoms with Crippen LogP contribution in [0.2, 0.25) is 0 Å². The predicted octanol–water partition coefficient (Wildman–Crippen LogP) is 3.61. The van der Waals surface area contributed by atoms with Gasteiger partial charge in [0.1, 0.15) is 0 Å². The molecule has 1 amide bonds. The molecule has 0 aliphatic rings. The number of ether oxygens (including phenoxy) is 1. The van der Waals surface area contributed by atoms with Crippen LogP contribution in [0.5, 0.6) is 0 Å². The van der Waals surface area contributed by atoms with Crippen LogP contribution in [-0.4, -0.2) is 39.3 Å². The summed E-state index contributed by atoms with van der Waals surface area (Å²) >= 11 is 2.49. The number of nitrogens with one attached hydrogen (secondary N) is 1. The third kappa shape index (κ3) is 5.47. The van der Waals surface area contributed by atoms with E-state index in [1.807, 2.05) is 30.3 Å². The normalized spacial score (nSPS) is 10.8. The first kappa shape index (κ1) is 22.7. The van der Waals surface area contributed by atoms with Crippen molar-refractivity contribution < 1.29 is 14.3 Å². The van der Waals surface area contributed by atoms with E-state index in [-0.39, 0.29) is 17.2 Å². The molecule has 2 heterocycles. The van der Waals surface area contributed by atoms with Crippen LogP contribution in [0.4, 0.5) is 5.13 Å². The number of carbonyl (C=O) groups is 2. The fourth-order valence-electron chi connectivity index (χ4n) is 3.21. The van der Waals surface area contributed by atoms with Crippen molar-refractivity contribution in [2.75, 3.05) is 18.2 Å². The van der Waals surface area contributed by atoms with Gasteiger partial charge in [-0.25, -0.2) is 14.8 Å². The van der Waals surface area contributed by atoms with Crippen LogP contribution in [-0.2, 0) is 22.5 Å². The van der Waals surface area contributed by atoms with Crippen LogP contribution in [0.15, 0.2) is 70.1 Å². The van der Waals surface area contributed by atoms with E-state index in [1.54, 1.807) is 28.3 Å². The molecule has 0 aliphatic carbocycles. The predicted molar refractivity (Wildman–Crippen MR) is 129 cm³/mol. The molecule has 0 spiro atoms. The molecule has 33 heavy (non-hydrogen) atoms. The Hall–Kier alpha value is -3.50. The van der Waals surface area contributed by atoms with Gasteiger partial charge in [-0.3, -0.25) is 14.2 Å². The second-order valence-electron chi connectivity index (χ2n) is 6.98. The summed E-state index contributed by atoms with van der Waals surface area (Å²) in [5, 5.41) is 5.80. The third-order valence-electron chi connectivity index (χ3n) is 4.82. The first-order valence-electron chi connectivity index (χ1n) is 10.0. The molecule has 0 bridgehead atoms. The van der Waals surface area contributed by atoms with Crippen molar-refractivity contribution in [2.24, 2.45) is 0 Å². The van der Waals surface area contributed by atoms with E-state index in [9.17, 15) is 14.4 Å². The highest BCUT2D eigenvalue weighted by atomic mass is 32.2. The lowest BCUT2D eigenvalue weighted by Crippen LogP contribution is -2.25. The maximum atomic E-state index is 13.3. The molecule has 8 nitrogen and oxygen atoms in total. The number of aromatic nitrogens is 3. The molecule has 0 saturated heterocycles. The summed E-state index contributed by atoms with van der Waals surface area (Å²) in [5.41, 5.74) is 1.54. The van der Waals surface area contributed by atoms with E-state index in [0.29, 0.717) is 39.7 Å². The first-order chi connectivity index (χ1) is 16.0. The molecule has 0 fully saturated rings. The highest BCUT2D eigenvalue weighted by Gasteiger charge is 2.16. The van der Waals surface area contributed by atoms with Crippen molar-refractivity contribution in [3.8, 4) is 0 Å². The van der Waals surface area contributed by atoms with Crippen LogP contribution in [0.1, 0.15) is 15.9 Å². The van der Waals surface area contributed by atoms with Crippen molar-refractivity contribution in [3.63, 3.8) is 0 Å². The van der Waals surface area contributed by atoms with E-state index in [1.165, 1.54) is 24.5 Å². The minimum Gasteiger partial charge on any atom is -0.465 e. The highest BCUT2D eigenvalue weighted by Crippen LogP contribution is 2.21. The molecule has 0 saturated carbocycles. The minimum absolute atomic E-state index is 0.0551. The Balaban J connectivity index is 1.65. The average Bonchev–Trinajstić information content (AvgIpc) is 3.35. The molecular weight excluding hydrogens is 460 g/mol. The Bertz CT molecular complexity index is 1340. The number of hydrogen-bond donors (Lipinski definition) is 1. The van der Waals surface area contributed by atoms with Gasteiger partial charge in [0.2, 0.25) is 5.91 Å². The number of aryl methyl sites for hydroxylation is 1. The zero-order valence-electron chi connectivity index (χ0n) is 17.7. The molecule has 0 atom stereocenters. The van der Waals surface area contributed by atoms with Gasteiger partial charge in [-0.1, -0.05) is 42.1 Å². The van der Waals surface area contributed by atoms with Gasteiger partial charge in [0, 0.05) is 18.1 Å². The topological polar surface area (TPSA) is 103 Å². The zero-order valence-corrected chi connectivity index (χ0v) is 19.3. The number of benzene rings is 2. The van der Waals surface area contributed by atoms with Crippen molar-refractivity contribution in [1.29, 1.82) is 0 Å². The van der Waals surface area contributed by atoms with Gasteiger partial charge < -0.3 is 10.1 Å². The van der Waals surface area contributed by atoms with E-state index in [2.05, 4.69) is 15.3 Å². The largest absolute Gasteiger partial charge is 0.465 e. The maximum Gasteiger partial charge on any atom is 0.337 e. The summed E-state index contributed by atoms with van der Waals surface area (Å²) in [7, 11) is 1.30. The van der Waals surface area contributed by atoms with Crippen molar-refractivity contribution in [2.45, 2.75) is 18.1 Å². The number of methoxy groups -OCH3 is 1. The van der Waals surface area contributed by atoms with Gasteiger partial charge in [0.15, 0.2) is 10.3 Å². The van der Waals surface area contributed by atoms with Crippen LogP contribution < -0.4 is 10.9 Å². The van der Waals surface area contributed by atoms with Crippen LogP contribution in [0.3, 0.4) is 0 Å². The van der Waals surface area contributed by atoms with Gasteiger partial charge in [-0.05, 0) is 30.2 Å². The molecule has 0 unspecified atom stereocenters. The summed E-state index contributed by atoms with van der Waals surface area (Å²) in [4.78, 5) is 46.3. The lowest BCUT2D eigenvalue weighted by Gasteiger charge is -2.13. The molecule has 0 aliphatic heterocycles. The molecular formula is C23H20N4O4S2. The van der Waals surface area contributed by atoms with Gasteiger partial charge in [-0.2, -0.15) is 0 Å². The number of nitrogens with zero attached hydrogens (tertiary/aromatic N) is 3. The Kier molecular flexibility index (Phi) is 7.16. The second-order valence-corrected chi connectivity index (χ2v) is 8.82. The summed E-state index contributed by atoms with van der Waals surface area (Å²) in [5.74, 6) is -0.703. The van der Waals surface area contributed by atoms with Crippen molar-refractivity contribution in [3.05, 3.63) is 81.6 Å². The van der Waals surface area contributed by atoms with Gasteiger partial charge in [-0.15, -0.1) is 11.3 Å². The van der Waals surface area contributed by atoms with E-state index >= 15 is 0 Å². The smallest absolute Gasteiger partial charge is 0.337 e. The standard InChI is InChI=1S/C23H20N4O4S2/c1-31-21(30)16-7-8-17-18(13-16)25-23(33-14-19(28)26-22-24-10-12-32-22)27(20(17)29)11-9-15-5-3-2-4-6-15/h2-8,10,12-13H,9,11,14H2,1H3,(H,24,26,28). The number of hydrogen-bond acceptors (Lipinski definition) is 8. The fourth-order valence-corrected chi connectivity index (χ4v) is 4.58. The SMILES string of the molecule is COC(=O)c1ccc2c(=O)n(CCc3ccccc3)c(SCC(=O)Nc3nccs3)nc2c1. The Morgan fingerprint density at radius 1 is 1.18 bits per heavy atom. The first-order valence-corrected chi connectivity index (χ1v) is 11.9. The number of carbonyl (C=O) groups excluding carboxylic acids is 2. The van der Waals surface area contributed by atoms with E-state index < -0.39 is 5.97 Å². The lowest BCUT2D eigenvalue weighted by atomic mass is 10.1. The summed E-state index contributed by atoms with van der Waals surface area (Å²) in [6.45, 7) is 0.404. The molecule has 2 aromatic heterocycles. The maximum absolute atomic E-state index is 13.3. The molecule has 168 valence electrons. The Morgan fingerprint density at radius 3 is 2.73 bits per heavy atom. The van der Waals surface area contributed by atoms with E-state index in [4.69, 9.17) is 4.74 Å². The molecule has 0 radical (unpaired) electrons. The number of amides is 1. The summed E-state index contributed by atoms with van der Waals surface area (Å²) in [6.07, 6.45) is 2.24.